The maximum absolute atomic E-state index is 12.2. The number of amides is 1. The van der Waals surface area contributed by atoms with Gasteiger partial charge in [0.25, 0.3) is 5.91 Å². The van der Waals surface area contributed by atoms with Gasteiger partial charge in [0.1, 0.15) is 17.7 Å². The van der Waals surface area contributed by atoms with Crippen molar-refractivity contribution in [3.8, 4) is 22.5 Å². The largest absolute Gasteiger partial charge is 0.364 e. The molecule has 0 radical (unpaired) electrons. The highest BCUT2D eigenvalue weighted by Crippen LogP contribution is 2.36. The second-order valence-electron chi connectivity index (χ2n) is 6.14. The van der Waals surface area contributed by atoms with E-state index in [0.29, 0.717) is 10.7 Å². The van der Waals surface area contributed by atoms with E-state index in [9.17, 15) is 4.79 Å². The molecule has 3 aromatic heterocycles. The number of rotatable bonds is 3. The molecule has 0 saturated heterocycles. The first-order valence-corrected chi connectivity index (χ1v) is 8.39. The maximum atomic E-state index is 12.2. The van der Waals surface area contributed by atoms with Gasteiger partial charge >= 0.3 is 0 Å². The van der Waals surface area contributed by atoms with Crippen LogP contribution in [0.5, 0.6) is 0 Å². The molecule has 26 heavy (non-hydrogen) atoms. The molecular formula is C19H16ClN5O. The fraction of sp³-hybridized carbons (Fsp3) is 0.105. The van der Waals surface area contributed by atoms with Crippen molar-refractivity contribution in [1.29, 1.82) is 0 Å². The molecule has 0 aliphatic carbocycles. The zero-order valence-electron chi connectivity index (χ0n) is 14.2. The Bertz CT molecular complexity index is 1160. The molecule has 1 aromatic carbocycles. The van der Waals surface area contributed by atoms with E-state index in [4.69, 9.17) is 17.3 Å². The van der Waals surface area contributed by atoms with Gasteiger partial charge in [-0.25, -0.2) is 9.97 Å². The average molecular weight is 366 g/mol. The first kappa shape index (κ1) is 16.4. The van der Waals surface area contributed by atoms with Crippen LogP contribution in [0.4, 0.5) is 0 Å². The second kappa shape index (κ2) is 6.00. The van der Waals surface area contributed by atoms with Gasteiger partial charge in [-0.3, -0.25) is 4.79 Å². The molecule has 1 amide bonds. The number of aryl methyl sites for hydroxylation is 1. The molecule has 0 fully saturated rings. The van der Waals surface area contributed by atoms with E-state index in [1.807, 2.05) is 43.5 Å². The van der Waals surface area contributed by atoms with Crippen molar-refractivity contribution in [2.75, 3.05) is 0 Å². The van der Waals surface area contributed by atoms with Gasteiger partial charge in [0.05, 0.1) is 11.4 Å². The van der Waals surface area contributed by atoms with Crippen molar-refractivity contribution in [2.24, 2.45) is 12.8 Å². The van der Waals surface area contributed by atoms with Crippen LogP contribution in [-0.2, 0) is 7.05 Å². The van der Waals surface area contributed by atoms with Gasteiger partial charge in [-0.05, 0) is 42.3 Å². The maximum Gasteiger partial charge on any atom is 0.265 e. The van der Waals surface area contributed by atoms with Crippen molar-refractivity contribution < 1.29 is 4.79 Å². The third-order valence-electron chi connectivity index (χ3n) is 4.55. The summed E-state index contributed by atoms with van der Waals surface area (Å²) in [4.78, 5) is 23.9. The van der Waals surface area contributed by atoms with E-state index in [1.54, 1.807) is 11.6 Å². The molecule has 0 aliphatic heterocycles. The van der Waals surface area contributed by atoms with Crippen molar-refractivity contribution in [3.63, 3.8) is 0 Å². The lowest BCUT2D eigenvalue weighted by Gasteiger charge is -2.08. The van der Waals surface area contributed by atoms with Crippen LogP contribution in [0.25, 0.3) is 33.5 Å². The summed E-state index contributed by atoms with van der Waals surface area (Å²) in [5.41, 5.74) is 10.9. The minimum absolute atomic E-state index is 0.410. The quantitative estimate of drug-likeness (QED) is 0.580. The summed E-state index contributed by atoms with van der Waals surface area (Å²) in [5, 5.41) is 1.47. The van der Waals surface area contributed by atoms with Crippen molar-refractivity contribution in [1.82, 2.24) is 19.5 Å². The van der Waals surface area contributed by atoms with Crippen molar-refractivity contribution >= 4 is 28.5 Å². The summed E-state index contributed by atoms with van der Waals surface area (Å²) in [6, 6.07) is 9.42. The summed E-state index contributed by atoms with van der Waals surface area (Å²) < 4.78 is 1.77. The molecule has 4 aromatic rings. The summed E-state index contributed by atoms with van der Waals surface area (Å²) >= 11 is 6.18. The fourth-order valence-corrected chi connectivity index (χ4v) is 3.47. The van der Waals surface area contributed by atoms with E-state index < -0.39 is 5.91 Å². The minimum Gasteiger partial charge on any atom is -0.364 e. The molecule has 6 nitrogen and oxygen atoms in total. The summed E-state index contributed by atoms with van der Waals surface area (Å²) in [6.07, 6.45) is 3.30. The topological polar surface area (TPSA) is 89.6 Å². The molecule has 0 bridgehead atoms. The van der Waals surface area contributed by atoms with Crippen LogP contribution in [0.2, 0.25) is 5.02 Å². The molecule has 7 heteroatoms. The van der Waals surface area contributed by atoms with Crippen molar-refractivity contribution in [2.45, 2.75) is 6.92 Å². The predicted molar refractivity (Wildman–Crippen MR) is 102 cm³/mol. The number of hydrogen-bond acceptors (Lipinski definition) is 3. The Kier molecular flexibility index (Phi) is 3.77. The van der Waals surface area contributed by atoms with E-state index in [0.717, 1.165) is 39.1 Å². The van der Waals surface area contributed by atoms with Crippen LogP contribution in [0, 0.1) is 6.92 Å². The van der Waals surface area contributed by atoms with Crippen LogP contribution in [0.3, 0.4) is 0 Å². The van der Waals surface area contributed by atoms with Gasteiger partial charge in [0.15, 0.2) is 0 Å². The third-order valence-corrected chi connectivity index (χ3v) is 4.79. The van der Waals surface area contributed by atoms with Gasteiger partial charge in [0.2, 0.25) is 0 Å². The molecule has 3 heterocycles. The Morgan fingerprint density at radius 1 is 1.19 bits per heavy atom. The van der Waals surface area contributed by atoms with E-state index in [2.05, 4.69) is 15.0 Å². The lowest BCUT2D eigenvalue weighted by molar-refractivity contribution is 0.0993. The predicted octanol–water partition coefficient (Wildman–Crippen LogP) is 3.69. The normalized spacial score (nSPS) is 11.2. The van der Waals surface area contributed by atoms with Gasteiger partial charge in [-0.1, -0.05) is 17.7 Å². The molecule has 3 N–H and O–H groups in total. The number of aromatic amines is 1. The number of nitrogens with one attached hydrogen (secondary N) is 1. The van der Waals surface area contributed by atoms with E-state index in [1.165, 1.54) is 6.33 Å². The van der Waals surface area contributed by atoms with Crippen LogP contribution in [0.1, 0.15) is 16.1 Å². The molecule has 0 atom stereocenters. The molecule has 0 aliphatic rings. The lowest BCUT2D eigenvalue weighted by atomic mass is 10.00. The number of nitrogens with two attached hydrogens (primary N) is 1. The van der Waals surface area contributed by atoms with Crippen LogP contribution in [0.15, 0.2) is 42.9 Å². The smallest absolute Gasteiger partial charge is 0.265 e. The van der Waals surface area contributed by atoms with Crippen LogP contribution < -0.4 is 5.73 Å². The first-order valence-electron chi connectivity index (χ1n) is 8.02. The van der Waals surface area contributed by atoms with Crippen LogP contribution in [-0.4, -0.2) is 25.4 Å². The Hall–Kier alpha value is -3.12. The number of fused-ring (bicyclic) bond motifs is 1. The number of H-pyrrole nitrogens is 1. The summed E-state index contributed by atoms with van der Waals surface area (Å²) in [5.74, 6) is -0.507. The highest BCUT2D eigenvalue weighted by atomic mass is 35.5. The SMILES string of the molecule is Cc1ccc(Cl)cc1-c1cc(-c2ncnc3[nH]ccc23)n(C)c1C(N)=O. The van der Waals surface area contributed by atoms with Crippen LogP contribution >= 0.6 is 11.6 Å². The zero-order chi connectivity index (χ0) is 18.4. The van der Waals surface area contributed by atoms with E-state index in [-0.39, 0.29) is 0 Å². The zero-order valence-corrected chi connectivity index (χ0v) is 15.0. The van der Waals surface area contributed by atoms with Crippen molar-refractivity contribution in [3.05, 3.63) is 59.1 Å². The molecule has 130 valence electrons. The molecule has 0 spiro atoms. The van der Waals surface area contributed by atoms with Gasteiger partial charge in [0, 0.05) is 29.2 Å². The fourth-order valence-electron chi connectivity index (χ4n) is 3.29. The number of carbonyl (C=O) groups excluding carboxylic acids is 1. The standard InChI is InChI=1S/C19H16ClN5O/c1-10-3-4-11(20)7-13(10)14-8-15(25(2)17(14)18(21)26)16-12-5-6-22-19(12)24-9-23-16/h3-9H,1-2H3,(H2,21,26)(H,22,23,24). The Morgan fingerprint density at radius 3 is 2.77 bits per heavy atom. The molecular weight excluding hydrogens is 350 g/mol. The first-order chi connectivity index (χ1) is 12.5. The molecule has 0 unspecified atom stereocenters. The second-order valence-corrected chi connectivity index (χ2v) is 6.57. The molecule has 4 rings (SSSR count). The minimum atomic E-state index is -0.507. The summed E-state index contributed by atoms with van der Waals surface area (Å²) in [7, 11) is 1.80. The number of primary amides is 1. The number of nitrogens with zero attached hydrogens (tertiary/aromatic N) is 3. The number of benzene rings is 1. The Balaban J connectivity index is 2.03. The highest BCUT2D eigenvalue weighted by molar-refractivity contribution is 6.31. The van der Waals surface area contributed by atoms with Gasteiger partial charge in [-0.2, -0.15) is 0 Å². The number of hydrogen-bond donors (Lipinski definition) is 2. The van der Waals surface area contributed by atoms with Gasteiger partial charge < -0.3 is 15.3 Å². The summed E-state index contributed by atoms with van der Waals surface area (Å²) in [6.45, 7) is 1.97. The number of carbonyl (C=O) groups is 1. The number of halogens is 1. The third kappa shape index (κ3) is 2.46. The van der Waals surface area contributed by atoms with Gasteiger partial charge in [-0.15, -0.1) is 0 Å². The average Bonchev–Trinajstić information content (AvgIpc) is 3.21. The van der Waals surface area contributed by atoms with E-state index >= 15 is 0 Å². The number of aromatic nitrogens is 4. The highest BCUT2D eigenvalue weighted by Gasteiger charge is 2.22. The Morgan fingerprint density at radius 2 is 2.00 bits per heavy atom. The monoisotopic (exact) mass is 365 g/mol. The molecule has 0 saturated carbocycles. The Labute approximate surface area is 154 Å². The lowest BCUT2D eigenvalue weighted by Crippen LogP contribution is -2.17.